The number of ether oxygens (including phenoxy) is 2. The predicted molar refractivity (Wildman–Crippen MR) is 389 cm³/mol. The Hall–Kier alpha value is -8.84. The van der Waals surface area contributed by atoms with Crippen LogP contribution in [0.3, 0.4) is 0 Å². The average molecular weight is 1420 g/mol. The van der Waals surface area contributed by atoms with Crippen LogP contribution in [0.15, 0.2) is 197 Å². The van der Waals surface area contributed by atoms with E-state index >= 15 is 0 Å². The van der Waals surface area contributed by atoms with Crippen molar-refractivity contribution in [3.63, 3.8) is 0 Å². The molecule has 3 aliphatic rings. The van der Waals surface area contributed by atoms with Gasteiger partial charge in [0.05, 0.1) is 39.3 Å². The van der Waals surface area contributed by atoms with E-state index in [1.165, 1.54) is 4.52 Å². The fourth-order valence-corrected chi connectivity index (χ4v) is 12.4. The van der Waals surface area contributed by atoms with Crippen molar-refractivity contribution in [1.82, 2.24) is 44.2 Å². The number of carbonyl (C=O) groups is 3. The minimum Gasteiger partial charge on any atom is -0.449 e. The number of benzene rings is 6. The first-order chi connectivity index (χ1) is 47.5. The van der Waals surface area contributed by atoms with E-state index in [1.807, 2.05) is 181 Å². The zero-order chi connectivity index (χ0) is 71.5. The molecular weight excluding hydrogens is 1340 g/mol. The van der Waals surface area contributed by atoms with Gasteiger partial charge in [-0.25, -0.2) is 19.1 Å². The fraction of sp³-hybridized carbons (Fsp3) is 0.299. The molecule has 0 radical (unpaired) electrons. The van der Waals surface area contributed by atoms with Crippen molar-refractivity contribution in [3.8, 4) is 17.1 Å². The molecular formula is C77H80BClF3KN10O8. The smallest absolute Gasteiger partial charge is 0.449 e. The molecule has 14 rings (SSSR count). The molecule has 101 heavy (non-hydrogen) atoms. The summed E-state index contributed by atoms with van der Waals surface area (Å²) in [6, 6.07) is 52.0. The first-order valence-electron chi connectivity index (χ1n) is 33.5. The molecule has 518 valence electrons. The number of nitrogens with zero attached hydrogens (tertiary/aromatic N) is 6. The zero-order valence-electron chi connectivity index (χ0n) is 58.1. The van der Waals surface area contributed by atoms with Gasteiger partial charge in [-0.05, 0) is 194 Å². The van der Waals surface area contributed by atoms with Crippen LogP contribution in [0, 0.1) is 0 Å². The quantitative estimate of drug-likeness (QED) is 0.0794. The predicted octanol–water partition coefficient (Wildman–Crippen LogP) is 13.7. The standard InChI is InChI=1S/C27H24N6O2.C25H28N2O3.C22H23ClN2O3.C3H5BF3.K/c1-16(30-26(34)23-24(28)31-32-14-6-13-29-25(23)32)21-15-18-7-5-10-20(17-11-12-17)22(18)27(35)33(21)19-8-3-2-4-9-19;1-16(26-24(29)30-25(2,3)4)21-15-18-9-8-12-20(17-13-14-17)22(18)23(28)27(21)19-10-6-5-7-11-19;1-14(24-21(27)28-22(2,3)4)18-13-15-9-8-12-17(23)19(15)20(26)25(18)16-10-6-5-7-11-16;5-4(6,7)3-1-2-3;/h2-10,13-17H,11-12H2,1H3,(H2,28,31)(H,30,34);5-12,15-17H,13-14H2,1-4H3,(H,26,29);5-14H,1-4H3,(H,24,27);3H,1-2H2;/q;;;-1;+1/t16-;;;;/m0..../s1. The van der Waals surface area contributed by atoms with Gasteiger partial charge in [0.1, 0.15) is 16.8 Å². The summed E-state index contributed by atoms with van der Waals surface area (Å²) >= 11 is 6.31. The van der Waals surface area contributed by atoms with Crippen LogP contribution in [-0.4, -0.2) is 64.6 Å². The van der Waals surface area contributed by atoms with Crippen molar-refractivity contribution in [2.75, 3.05) is 5.73 Å². The molecule has 6 aromatic carbocycles. The van der Waals surface area contributed by atoms with E-state index in [-0.39, 0.29) is 79.4 Å². The van der Waals surface area contributed by atoms with E-state index in [9.17, 15) is 41.7 Å². The number of para-hydroxylation sites is 3. The maximum Gasteiger partial charge on any atom is 1.00 e. The second kappa shape index (κ2) is 31.2. The zero-order valence-corrected chi connectivity index (χ0v) is 62.0. The second-order valence-corrected chi connectivity index (χ2v) is 28.0. The third-order valence-corrected chi connectivity index (χ3v) is 17.6. The number of amides is 3. The number of aromatic nitrogens is 6. The number of anilines is 1. The number of nitrogens with two attached hydrogens (primary N) is 1. The van der Waals surface area contributed by atoms with Gasteiger partial charge in [0, 0.05) is 46.5 Å². The summed E-state index contributed by atoms with van der Waals surface area (Å²) in [5.74, 6) is -0.289. The van der Waals surface area contributed by atoms with Gasteiger partial charge < -0.3 is 44.1 Å². The van der Waals surface area contributed by atoms with Crippen LogP contribution in [-0.2, 0) is 9.47 Å². The number of halogens is 4. The van der Waals surface area contributed by atoms with Gasteiger partial charge in [0.15, 0.2) is 11.5 Å². The first-order valence-corrected chi connectivity index (χ1v) is 33.9. The van der Waals surface area contributed by atoms with Crippen LogP contribution >= 0.6 is 11.6 Å². The molecule has 24 heteroatoms. The number of rotatable bonds is 13. The third-order valence-electron chi connectivity index (χ3n) is 17.3. The largest absolute Gasteiger partial charge is 1.00 e. The van der Waals surface area contributed by atoms with Crippen molar-refractivity contribution in [3.05, 3.63) is 252 Å². The van der Waals surface area contributed by atoms with Gasteiger partial charge >= 0.3 is 70.5 Å². The second-order valence-electron chi connectivity index (χ2n) is 27.6. The van der Waals surface area contributed by atoms with Crippen LogP contribution in [0.5, 0.6) is 0 Å². The average Bonchev–Trinajstić information content (AvgIpc) is 1.75. The molecule has 3 aliphatic carbocycles. The summed E-state index contributed by atoms with van der Waals surface area (Å²) < 4.78 is 51.2. The molecule has 5 N–H and O–H groups in total. The Morgan fingerprint density at radius 1 is 0.535 bits per heavy atom. The number of nitrogen functional groups attached to an aromatic ring is 1. The molecule has 18 nitrogen and oxygen atoms in total. The van der Waals surface area contributed by atoms with Crippen molar-refractivity contribution in [2.24, 2.45) is 0 Å². The normalized spacial score (nSPS) is 14.5. The van der Waals surface area contributed by atoms with E-state index in [1.54, 1.807) is 65.1 Å². The third kappa shape index (κ3) is 17.9. The fourth-order valence-electron chi connectivity index (χ4n) is 12.2. The van der Waals surface area contributed by atoms with Gasteiger partial charge in [-0.1, -0.05) is 133 Å². The molecule has 3 amide bonds. The maximum atomic E-state index is 14.0. The topological polar surface area (TPSA) is 228 Å². The Morgan fingerprint density at radius 2 is 0.911 bits per heavy atom. The van der Waals surface area contributed by atoms with Crippen LogP contribution in [0.1, 0.15) is 169 Å². The minimum atomic E-state index is -4.44. The maximum absolute atomic E-state index is 14.0. The van der Waals surface area contributed by atoms with Crippen molar-refractivity contribution < 1.29 is 88.2 Å². The van der Waals surface area contributed by atoms with Gasteiger partial charge in [-0.2, -0.15) is 0 Å². The number of carbonyl (C=O) groups excluding carboxylic acids is 3. The van der Waals surface area contributed by atoms with Crippen LogP contribution in [0.4, 0.5) is 28.4 Å². The number of hydrogen-bond donors (Lipinski definition) is 4. The summed E-state index contributed by atoms with van der Waals surface area (Å²) in [7, 11) is 0. The van der Waals surface area contributed by atoms with E-state index in [0.29, 0.717) is 57.8 Å². The Morgan fingerprint density at radius 3 is 1.28 bits per heavy atom. The number of nitrogens with one attached hydrogen (secondary N) is 3. The van der Waals surface area contributed by atoms with E-state index < -0.39 is 60.2 Å². The number of fused-ring (bicyclic) bond motifs is 4. The van der Waals surface area contributed by atoms with E-state index in [0.717, 1.165) is 80.8 Å². The minimum absolute atomic E-state index is 0. The van der Waals surface area contributed by atoms with Crippen molar-refractivity contribution >= 4 is 80.5 Å². The molecule has 3 saturated carbocycles. The Labute approximate surface area is 630 Å². The molecule has 0 spiro atoms. The van der Waals surface area contributed by atoms with Crippen LogP contribution in [0.2, 0.25) is 10.8 Å². The molecule has 0 bridgehead atoms. The molecule has 0 saturated heterocycles. The Kier molecular flexibility index (Phi) is 23.1. The van der Waals surface area contributed by atoms with Crippen LogP contribution in [0.25, 0.3) is 55.0 Å². The Bertz CT molecular complexity index is 5050. The van der Waals surface area contributed by atoms with Gasteiger partial charge in [0.2, 0.25) is 0 Å². The number of hydrogen-bond acceptors (Lipinski definition) is 11. The van der Waals surface area contributed by atoms with Crippen LogP contribution < -0.4 is 89.7 Å². The molecule has 0 aliphatic heterocycles. The summed E-state index contributed by atoms with van der Waals surface area (Å²) in [6.07, 6.45) is 7.45. The molecule has 3 fully saturated rings. The van der Waals surface area contributed by atoms with E-state index in [4.69, 9.17) is 26.8 Å². The summed E-state index contributed by atoms with van der Waals surface area (Å²) in [6.45, 7) is 12.0. The molecule has 3 atom stereocenters. The Balaban J connectivity index is 0.000000156. The van der Waals surface area contributed by atoms with Crippen molar-refractivity contribution in [2.45, 2.75) is 148 Å². The molecule has 5 aromatic heterocycles. The van der Waals surface area contributed by atoms with Gasteiger partial charge in [-0.15, -0.1) is 5.10 Å². The SMILES string of the molecule is CC(NC(=O)OC(C)(C)C)c1cc2cccc(C3CC3)c2c(=O)n1-c1ccccc1.CC(NC(=O)OC(C)(C)C)c1cc2cccc(Cl)c2c(=O)n1-c1ccccc1.C[C@H](NC(=O)c1c(N)nn2cccnc12)c1cc2cccc(C3CC3)c2c(=O)n1-c1ccccc1.F[B-](F)(F)C1CC1.[K+]. The monoisotopic (exact) mass is 1410 g/mol. The molecule has 5 heterocycles. The van der Waals surface area contributed by atoms with E-state index in [2.05, 4.69) is 38.2 Å². The number of alkyl carbamates (subject to hydrolysis) is 2. The van der Waals surface area contributed by atoms with Crippen molar-refractivity contribution in [1.29, 1.82) is 0 Å². The summed E-state index contributed by atoms with van der Waals surface area (Å²) in [4.78, 5) is 83.2. The van der Waals surface area contributed by atoms with Gasteiger partial charge in [0.25, 0.3) is 22.6 Å². The molecule has 2 unspecified atom stereocenters. The first kappa shape index (κ1) is 74.8. The van der Waals surface area contributed by atoms with Gasteiger partial charge in [-0.3, -0.25) is 32.9 Å². The summed E-state index contributed by atoms with van der Waals surface area (Å²) in [5.41, 5.74) is 11.6. The summed E-state index contributed by atoms with van der Waals surface area (Å²) in [5, 5.41) is 17.8. The number of pyridine rings is 3. The molecule has 11 aromatic rings.